The van der Waals surface area contributed by atoms with E-state index in [1.807, 2.05) is 47.4 Å². The molecule has 1 amide bonds. The number of likely N-dealkylation sites (tertiary alicyclic amines) is 1. The third-order valence-corrected chi connectivity index (χ3v) is 6.43. The molecular weight excluding hydrogens is 395 g/mol. The van der Waals surface area contributed by atoms with E-state index in [2.05, 4.69) is 5.32 Å². The first kappa shape index (κ1) is 19.4. The SMILES string of the molecule is O=C(OCc1ccccc1)N1CCC2(CC1)CC2CNc1cc(Cl)cc(Cl)c1. The van der Waals surface area contributed by atoms with Gasteiger partial charge < -0.3 is 15.0 Å². The number of amides is 1. The zero-order valence-corrected chi connectivity index (χ0v) is 17.2. The van der Waals surface area contributed by atoms with Gasteiger partial charge in [0.05, 0.1) is 0 Å². The molecular formula is C22H24Cl2N2O2. The second kappa shape index (κ2) is 8.22. The van der Waals surface area contributed by atoms with Gasteiger partial charge in [-0.15, -0.1) is 0 Å². The number of rotatable bonds is 5. The number of carbonyl (C=O) groups is 1. The standard InChI is InChI=1S/C22H24Cl2N2O2/c23-18-10-19(24)12-20(11-18)25-14-17-13-22(17)6-8-26(9-7-22)21(27)28-15-16-4-2-1-3-5-16/h1-5,10-12,17,25H,6-9,13-15H2. The maximum atomic E-state index is 12.3. The molecule has 1 aliphatic heterocycles. The topological polar surface area (TPSA) is 41.6 Å². The van der Waals surface area contributed by atoms with Gasteiger partial charge in [0.25, 0.3) is 0 Å². The number of carbonyl (C=O) groups excluding carboxylic acids is 1. The van der Waals surface area contributed by atoms with Gasteiger partial charge in [0.2, 0.25) is 0 Å². The lowest BCUT2D eigenvalue weighted by molar-refractivity contribution is 0.0781. The summed E-state index contributed by atoms with van der Waals surface area (Å²) in [7, 11) is 0. The first-order chi connectivity index (χ1) is 13.5. The van der Waals surface area contributed by atoms with Crippen molar-refractivity contribution >= 4 is 35.0 Å². The Bertz CT molecular complexity index is 815. The molecule has 2 aromatic rings. The largest absolute Gasteiger partial charge is 0.445 e. The summed E-state index contributed by atoms with van der Waals surface area (Å²) < 4.78 is 5.46. The van der Waals surface area contributed by atoms with Gasteiger partial charge in [0, 0.05) is 35.4 Å². The fourth-order valence-electron chi connectivity index (χ4n) is 4.18. The van der Waals surface area contributed by atoms with Crippen molar-refractivity contribution < 1.29 is 9.53 Å². The van der Waals surface area contributed by atoms with Crippen molar-refractivity contribution in [1.82, 2.24) is 4.90 Å². The molecule has 1 aliphatic carbocycles. The smallest absolute Gasteiger partial charge is 0.410 e. The van der Waals surface area contributed by atoms with Crippen molar-refractivity contribution in [3.8, 4) is 0 Å². The summed E-state index contributed by atoms with van der Waals surface area (Å²) in [6.07, 6.45) is 3.08. The molecule has 0 aromatic heterocycles. The van der Waals surface area contributed by atoms with E-state index < -0.39 is 0 Å². The average molecular weight is 419 g/mol. The summed E-state index contributed by atoms with van der Waals surface area (Å²) in [4.78, 5) is 14.2. The van der Waals surface area contributed by atoms with Crippen LogP contribution in [0.3, 0.4) is 0 Å². The fraction of sp³-hybridized carbons (Fsp3) is 0.409. The molecule has 1 unspecified atom stereocenters. The number of piperidine rings is 1. The Balaban J connectivity index is 1.21. The molecule has 28 heavy (non-hydrogen) atoms. The van der Waals surface area contributed by atoms with Crippen LogP contribution in [0, 0.1) is 11.3 Å². The maximum absolute atomic E-state index is 12.3. The number of ether oxygens (including phenoxy) is 1. The summed E-state index contributed by atoms with van der Waals surface area (Å²) in [6.45, 7) is 2.78. The molecule has 4 rings (SSSR count). The molecule has 2 aromatic carbocycles. The number of hydrogen-bond donors (Lipinski definition) is 1. The van der Waals surface area contributed by atoms with Crippen LogP contribution in [-0.2, 0) is 11.3 Å². The van der Waals surface area contributed by atoms with Crippen molar-refractivity contribution in [2.75, 3.05) is 25.0 Å². The first-order valence-corrected chi connectivity index (χ1v) is 10.5. The summed E-state index contributed by atoms with van der Waals surface area (Å²) in [5, 5.41) is 4.74. The highest BCUT2D eigenvalue weighted by Gasteiger charge is 2.54. The van der Waals surface area contributed by atoms with Gasteiger partial charge in [-0.05, 0) is 54.4 Å². The molecule has 1 spiro atoms. The lowest BCUT2D eigenvalue weighted by Crippen LogP contribution is -2.40. The Labute approximate surface area is 175 Å². The number of anilines is 1. The fourth-order valence-corrected chi connectivity index (χ4v) is 4.70. The first-order valence-electron chi connectivity index (χ1n) is 9.70. The number of hydrogen-bond acceptors (Lipinski definition) is 3. The molecule has 4 nitrogen and oxygen atoms in total. The van der Waals surface area contributed by atoms with Crippen LogP contribution in [0.5, 0.6) is 0 Å². The van der Waals surface area contributed by atoms with Crippen LogP contribution in [0.1, 0.15) is 24.8 Å². The van der Waals surface area contributed by atoms with Gasteiger partial charge in [-0.3, -0.25) is 0 Å². The lowest BCUT2D eigenvalue weighted by atomic mass is 9.91. The third kappa shape index (κ3) is 4.56. The minimum Gasteiger partial charge on any atom is -0.445 e. The van der Waals surface area contributed by atoms with Gasteiger partial charge in [-0.1, -0.05) is 53.5 Å². The molecule has 1 atom stereocenters. The Morgan fingerprint density at radius 3 is 2.46 bits per heavy atom. The van der Waals surface area contributed by atoms with Crippen molar-refractivity contribution in [3.05, 3.63) is 64.1 Å². The molecule has 6 heteroatoms. The van der Waals surface area contributed by atoms with E-state index in [1.165, 1.54) is 6.42 Å². The van der Waals surface area contributed by atoms with E-state index in [0.717, 1.165) is 43.7 Å². The molecule has 0 bridgehead atoms. The molecule has 1 saturated carbocycles. The lowest BCUT2D eigenvalue weighted by Gasteiger charge is -2.32. The van der Waals surface area contributed by atoms with E-state index in [1.54, 1.807) is 6.07 Å². The monoisotopic (exact) mass is 418 g/mol. The van der Waals surface area contributed by atoms with Crippen LogP contribution in [-0.4, -0.2) is 30.6 Å². The van der Waals surface area contributed by atoms with Gasteiger partial charge >= 0.3 is 6.09 Å². The number of nitrogens with zero attached hydrogens (tertiary/aromatic N) is 1. The Hall–Kier alpha value is -1.91. The second-order valence-electron chi connectivity index (χ2n) is 7.83. The van der Waals surface area contributed by atoms with Crippen molar-refractivity contribution in [2.45, 2.75) is 25.9 Å². The Morgan fingerprint density at radius 2 is 1.79 bits per heavy atom. The van der Waals surface area contributed by atoms with Crippen molar-refractivity contribution in [1.29, 1.82) is 0 Å². The van der Waals surface area contributed by atoms with Gasteiger partial charge in [-0.2, -0.15) is 0 Å². The van der Waals surface area contributed by atoms with E-state index in [0.29, 0.717) is 28.0 Å². The van der Waals surface area contributed by atoms with Gasteiger partial charge in [0.15, 0.2) is 0 Å². The number of benzene rings is 2. The van der Waals surface area contributed by atoms with Crippen LogP contribution in [0.2, 0.25) is 10.0 Å². The van der Waals surface area contributed by atoms with Crippen LogP contribution < -0.4 is 5.32 Å². The van der Waals surface area contributed by atoms with Crippen molar-refractivity contribution in [3.63, 3.8) is 0 Å². The summed E-state index contributed by atoms with van der Waals surface area (Å²) >= 11 is 12.1. The average Bonchev–Trinajstić information content (AvgIpc) is 3.37. The van der Waals surface area contributed by atoms with Crippen LogP contribution >= 0.6 is 23.2 Å². The quantitative estimate of drug-likeness (QED) is 0.662. The number of nitrogens with one attached hydrogen (secondary N) is 1. The molecule has 148 valence electrons. The zero-order valence-electron chi connectivity index (χ0n) is 15.7. The highest BCUT2D eigenvalue weighted by Crippen LogP contribution is 2.59. The third-order valence-electron chi connectivity index (χ3n) is 6.00. The molecule has 2 fully saturated rings. The molecule has 1 saturated heterocycles. The van der Waals surface area contributed by atoms with Crippen molar-refractivity contribution in [2.24, 2.45) is 11.3 Å². The summed E-state index contributed by atoms with van der Waals surface area (Å²) in [6, 6.07) is 15.3. The highest BCUT2D eigenvalue weighted by molar-refractivity contribution is 6.35. The Morgan fingerprint density at radius 1 is 1.11 bits per heavy atom. The van der Waals surface area contributed by atoms with Crippen LogP contribution in [0.15, 0.2) is 48.5 Å². The number of halogens is 2. The summed E-state index contributed by atoms with van der Waals surface area (Å²) in [5.41, 5.74) is 2.34. The van der Waals surface area contributed by atoms with Crippen LogP contribution in [0.4, 0.5) is 10.5 Å². The zero-order chi connectivity index (χ0) is 19.6. The molecule has 1 heterocycles. The predicted molar refractivity (Wildman–Crippen MR) is 113 cm³/mol. The van der Waals surface area contributed by atoms with E-state index in [-0.39, 0.29) is 6.09 Å². The molecule has 1 N–H and O–H groups in total. The maximum Gasteiger partial charge on any atom is 0.410 e. The minimum atomic E-state index is -0.206. The Kier molecular flexibility index (Phi) is 5.70. The normalized spacial score (nSPS) is 20.1. The highest BCUT2D eigenvalue weighted by atomic mass is 35.5. The minimum absolute atomic E-state index is 0.206. The van der Waals surface area contributed by atoms with Crippen LogP contribution in [0.25, 0.3) is 0 Å². The summed E-state index contributed by atoms with van der Waals surface area (Å²) in [5.74, 6) is 0.632. The molecule has 0 radical (unpaired) electrons. The van der Waals surface area contributed by atoms with E-state index >= 15 is 0 Å². The van der Waals surface area contributed by atoms with Gasteiger partial charge in [-0.25, -0.2) is 4.79 Å². The second-order valence-corrected chi connectivity index (χ2v) is 8.70. The molecule has 2 aliphatic rings. The predicted octanol–water partition coefficient (Wildman–Crippen LogP) is 5.84. The van der Waals surface area contributed by atoms with Gasteiger partial charge in [0.1, 0.15) is 6.61 Å². The van der Waals surface area contributed by atoms with E-state index in [4.69, 9.17) is 27.9 Å². The van der Waals surface area contributed by atoms with E-state index in [9.17, 15) is 4.79 Å².